The summed E-state index contributed by atoms with van der Waals surface area (Å²) in [6.07, 6.45) is -3.83. The topological polar surface area (TPSA) is 161 Å². The van der Waals surface area contributed by atoms with E-state index in [1.54, 1.807) is 19.2 Å². The second-order valence-corrected chi connectivity index (χ2v) is 11.1. The summed E-state index contributed by atoms with van der Waals surface area (Å²) < 4.78 is 50.7. The molecule has 0 radical (unpaired) electrons. The Morgan fingerprint density at radius 2 is 1.98 bits per heavy atom. The molecule has 1 spiro atoms. The lowest BCUT2D eigenvalue weighted by atomic mass is 9.76. The van der Waals surface area contributed by atoms with Crippen molar-refractivity contribution in [1.82, 2.24) is 30.4 Å². The molecule has 5 rings (SSSR count). The number of alkyl halides is 3. The molecule has 0 aliphatic carbocycles. The molecule has 0 bridgehead atoms. The number of halogens is 3. The zero-order valence-electron chi connectivity index (χ0n) is 23.7. The number of piperidine rings is 1. The summed E-state index contributed by atoms with van der Waals surface area (Å²) in [6, 6.07) is 6.73. The van der Waals surface area contributed by atoms with E-state index < -0.39 is 24.3 Å². The molecule has 1 aromatic carbocycles. The van der Waals surface area contributed by atoms with Gasteiger partial charge in [0.05, 0.1) is 11.4 Å². The maximum atomic E-state index is 14.6. The third-order valence-electron chi connectivity index (χ3n) is 7.94. The molecule has 5 N–H and O–H groups in total. The number of carbonyl (C=O) groups excluding carboxylic acids is 1. The van der Waals surface area contributed by atoms with E-state index in [2.05, 4.69) is 25.7 Å². The maximum Gasteiger partial charge on any atom is 0.429 e. The summed E-state index contributed by atoms with van der Waals surface area (Å²) in [6.45, 7) is 4.82. The average molecular weight is 603 g/mol. The predicted octanol–water partition coefficient (Wildman–Crippen LogP) is 2.90. The van der Waals surface area contributed by atoms with Crippen molar-refractivity contribution in [3.05, 3.63) is 53.3 Å². The van der Waals surface area contributed by atoms with Crippen molar-refractivity contribution in [2.45, 2.75) is 58.0 Å². The molecule has 2 aliphatic rings. The fourth-order valence-electron chi connectivity index (χ4n) is 5.66. The number of rotatable bonds is 8. The molecule has 15 heteroatoms. The molecule has 43 heavy (non-hydrogen) atoms. The Hall–Kier alpha value is -4.40. The highest BCUT2D eigenvalue weighted by Crippen LogP contribution is 2.42. The van der Waals surface area contributed by atoms with Gasteiger partial charge in [-0.15, -0.1) is 0 Å². The van der Waals surface area contributed by atoms with Crippen LogP contribution in [0, 0.1) is 12.3 Å². The molecule has 3 aromatic rings. The average Bonchev–Trinajstić information content (AvgIpc) is 3.57. The van der Waals surface area contributed by atoms with Gasteiger partial charge in [0.1, 0.15) is 11.9 Å². The summed E-state index contributed by atoms with van der Waals surface area (Å²) >= 11 is 0. The highest BCUT2D eigenvalue weighted by atomic mass is 19.4. The molecule has 4 heterocycles. The molecule has 2 atom stereocenters. The van der Waals surface area contributed by atoms with Crippen LogP contribution in [0.25, 0.3) is 5.69 Å². The van der Waals surface area contributed by atoms with Crippen LogP contribution < -0.4 is 26.0 Å². The fraction of sp³-hybridized carbons (Fsp3) is 0.464. The Morgan fingerprint density at radius 3 is 2.58 bits per heavy atom. The molecule has 2 fully saturated rings. The predicted molar refractivity (Wildman–Crippen MR) is 150 cm³/mol. The van der Waals surface area contributed by atoms with Crippen molar-refractivity contribution in [3.8, 4) is 11.6 Å². The molecular formula is C28H33F3N8O4. The number of carboxylic acid groups (broad SMARTS) is 1. The van der Waals surface area contributed by atoms with Crippen LogP contribution in [0.2, 0.25) is 0 Å². The van der Waals surface area contributed by atoms with Gasteiger partial charge >= 0.3 is 12.1 Å². The Morgan fingerprint density at radius 1 is 1.23 bits per heavy atom. The number of benzene rings is 1. The third-order valence-corrected chi connectivity index (χ3v) is 7.94. The van der Waals surface area contributed by atoms with Crippen molar-refractivity contribution in [2.75, 3.05) is 30.3 Å². The number of amides is 1. The summed E-state index contributed by atoms with van der Waals surface area (Å²) in [5.74, 6) is -1.41. The number of ether oxygens (including phenoxy) is 1. The van der Waals surface area contributed by atoms with Crippen molar-refractivity contribution < 1.29 is 32.6 Å². The Balaban J connectivity index is 1.41. The zero-order chi connectivity index (χ0) is 30.9. The highest BCUT2D eigenvalue weighted by molar-refractivity contribution is 5.74. The number of aromatic nitrogens is 4. The van der Waals surface area contributed by atoms with Gasteiger partial charge in [0.2, 0.25) is 23.8 Å². The van der Waals surface area contributed by atoms with Gasteiger partial charge in [0.25, 0.3) is 0 Å². The van der Waals surface area contributed by atoms with Crippen molar-refractivity contribution in [2.24, 2.45) is 5.41 Å². The molecule has 2 unspecified atom stereocenters. The SMILES string of the molecule is CC(=O)NCc1ccc(C(Oc2cc(N3CCC4(CC3)CNC(C(=O)O)C4)nc(N)n2)C(F)(F)F)c(-n2ccc(C)n2)c1. The summed E-state index contributed by atoms with van der Waals surface area (Å²) in [5.41, 5.74) is 6.87. The van der Waals surface area contributed by atoms with Gasteiger partial charge in [-0.05, 0) is 49.3 Å². The van der Waals surface area contributed by atoms with E-state index in [9.17, 15) is 27.9 Å². The Labute approximate surface area is 245 Å². The number of nitrogens with one attached hydrogen (secondary N) is 2. The van der Waals surface area contributed by atoms with Crippen molar-refractivity contribution in [1.29, 1.82) is 0 Å². The normalized spacial score (nSPS) is 18.9. The van der Waals surface area contributed by atoms with Gasteiger partial charge in [-0.3, -0.25) is 9.59 Å². The maximum absolute atomic E-state index is 14.6. The summed E-state index contributed by atoms with van der Waals surface area (Å²) in [5, 5.41) is 19.4. The number of nitrogens with two attached hydrogens (primary N) is 1. The summed E-state index contributed by atoms with van der Waals surface area (Å²) in [4.78, 5) is 32.9. The minimum atomic E-state index is -4.84. The largest absolute Gasteiger partial charge is 0.480 e. The van der Waals surface area contributed by atoms with E-state index in [4.69, 9.17) is 10.5 Å². The van der Waals surface area contributed by atoms with Gasteiger partial charge in [0.15, 0.2) is 0 Å². The smallest absolute Gasteiger partial charge is 0.429 e. The Kier molecular flexibility index (Phi) is 8.18. The lowest BCUT2D eigenvalue weighted by Gasteiger charge is -2.39. The van der Waals surface area contributed by atoms with Crippen LogP contribution in [0.3, 0.4) is 0 Å². The zero-order valence-corrected chi connectivity index (χ0v) is 23.7. The number of carbonyl (C=O) groups is 2. The van der Waals surface area contributed by atoms with Crippen LogP contribution in [0.4, 0.5) is 24.9 Å². The van der Waals surface area contributed by atoms with Crippen LogP contribution in [0.1, 0.15) is 49.1 Å². The molecule has 2 aromatic heterocycles. The highest BCUT2D eigenvalue weighted by Gasteiger charge is 2.46. The Bertz CT molecular complexity index is 1500. The van der Waals surface area contributed by atoms with E-state index in [-0.39, 0.29) is 40.9 Å². The minimum Gasteiger partial charge on any atom is -0.480 e. The lowest BCUT2D eigenvalue weighted by Crippen LogP contribution is -2.41. The molecule has 0 saturated carbocycles. The second-order valence-electron chi connectivity index (χ2n) is 11.1. The number of nitrogen functional groups attached to an aromatic ring is 1. The van der Waals surface area contributed by atoms with Crippen LogP contribution in [-0.2, 0) is 16.1 Å². The van der Waals surface area contributed by atoms with Gasteiger partial charge in [-0.2, -0.15) is 28.2 Å². The first-order chi connectivity index (χ1) is 20.3. The molecular weight excluding hydrogens is 569 g/mol. The lowest BCUT2D eigenvalue weighted by molar-refractivity contribution is -0.198. The fourth-order valence-corrected chi connectivity index (χ4v) is 5.66. The molecule has 2 aliphatic heterocycles. The third kappa shape index (κ3) is 6.82. The monoisotopic (exact) mass is 602 g/mol. The van der Waals surface area contributed by atoms with E-state index in [1.807, 2.05) is 4.90 Å². The second kappa shape index (κ2) is 11.7. The minimum absolute atomic E-state index is 0.121. The first-order valence-electron chi connectivity index (χ1n) is 13.8. The number of aliphatic carboxylic acids is 1. The van der Waals surface area contributed by atoms with E-state index >= 15 is 0 Å². The van der Waals surface area contributed by atoms with Crippen LogP contribution >= 0.6 is 0 Å². The van der Waals surface area contributed by atoms with Crippen LogP contribution in [0.15, 0.2) is 36.5 Å². The molecule has 12 nitrogen and oxygen atoms in total. The number of hydrogen-bond acceptors (Lipinski definition) is 9. The van der Waals surface area contributed by atoms with E-state index in [1.165, 1.54) is 35.9 Å². The molecule has 2 saturated heterocycles. The van der Waals surface area contributed by atoms with Crippen LogP contribution in [0.5, 0.6) is 5.88 Å². The van der Waals surface area contributed by atoms with E-state index in [0.717, 1.165) is 0 Å². The first-order valence-corrected chi connectivity index (χ1v) is 13.8. The number of hydrogen-bond donors (Lipinski definition) is 4. The van der Waals surface area contributed by atoms with Gasteiger partial charge in [-0.25, -0.2) is 4.68 Å². The van der Waals surface area contributed by atoms with Crippen molar-refractivity contribution >= 4 is 23.6 Å². The summed E-state index contributed by atoms with van der Waals surface area (Å²) in [7, 11) is 0. The van der Waals surface area contributed by atoms with Crippen molar-refractivity contribution in [3.63, 3.8) is 0 Å². The number of carboxylic acids is 1. The van der Waals surface area contributed by atoms with Gasteiger partial charge in [-0.1, -0.05) is 12.1 Å². The van der Waals surface area contributed by atoms with Gasteiger partial charge < -0.3 is 31.1 Å². The number of nitrogens with zero attached hydrogens (tertiary/aromatic N) is 5. The van der Waals surface area contributed by atoms with Crippen LogP contribution in [-0.4, -0.2) is 68.6 Å². The molecule has 1 amide bonds. The quantitative estimate of drug-likeness (QED) is 0.302. The molecule has 230 valence electrons. The number of aryl methyl sites for hydroxylation is 1. The standard InChI is InChI=1S/C28H33F3N8O4/c1-16-5-8-39(37-16)21-11-18(14-33-17(2)40)3-4-19(21)24(28(29,30)31)43-23-12-22(35-26(32)36-23)38-9-6-27(7-10-38)13-20(25(41)42)34-15-27/h3-5,8,11-12,20,24,34H,6-7,9-10,13-15H2,1-2H3,(H,33,40)(H,41,42)(H2,32,35,36). The first kappa shape index (κ1) is 30.1. The van der Waals surface area contributed by atoms with E-state index in [0.29, 0.717) is 56.0 Å². The number of anilines is 2. The van der Waals surface area contributed by atoms with Gasteiger partial charge in [0, 0.05) is 50.9 Å².